The van der Waals surface area contributed by atoms with Crippen LogP contribution in [0.15, 0.2) is 24.3 Å². The van der Waals surface area contributed by atoms with Crippen LogP contribution in [-0.4, -0.2) is 29.9 Å². The van der Waals surface area contributed by atoms with E-state index in [4.69, 9.17) is 4.74 Å². The van der Waals surface area contributed by atoms with Crippen LogP contribution in [0.25, 0.3) is 0 Å². The molecule has 0 radical (unpaired) electrons. The van der Waals surface area contributed by atoms with Crippen molar-refractivity contribution in [3.05, 3.63) is 29.8 Å². The highest BCUT2D eigenvalue weighted by Gasteiger charge is 2.17. The van der Waals surface area contributed by atoms with Crippen LogP contribution in [0.1, 0.15) is 42.5 Å². The van der Waals surface area contributed by atoms with E-state index < -0.39 is 0 Å². The molecular weight excluding hydrogens is 318 g/mol. The first-order chi connectivity index (χ1) is 10.7. The fraction of sp³-hybridized carbons (Fsp3) is 0.500. The predicted molar refractivity (Wildman–Crippen MR) is 92.4 cm³/mol. The second-order valence-corrected chi connectivity index (χ2v) is 7.91. The molecular formula is C16H21NO3S2. The minimum Gasteiger partial charge on any atom is -0.426 e. The Balaban J connectivity index is 1.75. The Morgan fingerprint density at radius 1 is 1.32 bits per heavy atom. The molecule has 1 saturated heterocycles. The Morgan fingerprint density at radius 3 is 2.86 bits per heavy atom. The number of hydrogen-bond acceptors (Lipinski definition) is 5. The van der Waals surface area contributed by atoms with Gasteiger partial charge in [-0.3, -0.25) is 9.59 Å². The molecule has 1 N–H and O–H groups in total. The Morgan fingerprint density at radius 2 is 2.14 bits per heavy atom. The van der Waals surface area contributed by atoms with E-state index in [1.165, 1.54) is 18.6 Å². The molecule has 1 fully saturated rings. The summed E-state index contributed by atoms with van der Waals surface area (Å²) in [5.74, 6) is 1.05. The summed E-state index contributed by atoms with van der Waals surface area (Å²) in [4.78, 5) is 23.6. The van der Waals surface area contributed by atoms with Crippen LogP contribution < -0.4 is 10.1 Å². The minimum atomic E-state index is -0.273. The van der Waals surface area contributed by atoms with Gasteiger partial charge in [-0.1, -0.05) is 40.1 Å². The lowest BCUT2D eigenvalue weighted by molar-refractivity contribution is -0.134. The topological polar surface area (TPSA) is 55.4 Å². The number of unbranched alkanes of at least 4 members (excludes halogenated alkanes) is 1. The van der Waals surface area contributed by atoms with Crippen molar-refractivity contribution in [1.29, 1.82) is 0 Å². The molecule has 0 saturated carbocycles. The molecule has 22 heavy (non-hydrogen) atoms. The van der Waals surface area contributed by atoms with E-state index in [0.29, 0.717) is 17.7 Å². The highest BCUT2D eigenvalue weighted by molar-refractivity contribution is 8.77. The van der Waals surface area contributed by atoms with Crippen molar-refractivity contribution in [1.82, 2.24) is 5.32 Å². The highest BCUT2D eigenvalue weighted by Crippen LogP contribution is 2.39. The fourth-order valence-electron chi connectivity index (χ4n) is 2.26. The average Bonchev–Trinajstić information content (AvgIpc) is 3.05. The van der Waals surface area contributed by atoms with E-state index in [1.54, 1.807) is 31.3 Å². The van der Waals surface area contributed by atoms with E-state index in [9.17, 15) is 9.59 Å². The van der Waals surface area contributed by atoms with Crippen molar-refractivity contribution < 1.29 is 14.3 Å². The summed E-state index contributed by atoms with van der Waals surface area (Å²) in [6, 6.07) is 6.80. The molecule has 6 heteroatoms. The van der Waals surface area contributed by atoms with E-state index in [-0.39, 0.29) is 11.9 Å². The van der Waals surface area contributed by atoms with Crippen LogP contribution in [0.4, 0.5) is 0 Å². The molecule has 1 aromatic carbocycles. The Hall–Kier alpha value is -1.14. The van der Waals surface area contributed by atoms with Crippen molar-refractivity contribution in [3.8, 4) is 5.75 Å². The van der Waals surface area contributed by atoms with Gasteiger partial charge >= 0.3 is 5.97 Å². The number of esters is 1. The molecule has 1 heterocycles. The first kappa shape index (κ1) is 17.2. The maximum atomic E-state index is 11.9. The van der Waals surface area contributed by atoms with E-state index in [0.717, 1.165) is 18.1 Å². The number of ether oxygens (including phenoxy) is 1. The molecule has 120 valence electrons. The van der Waals surface area contributed by atoms with Crippen LogP contribution in [0.2, 0.25) is 0 Å². The zero-order valence-corrected chi connectivity index (χ0v) is 14.3. The number of amides is 1. The normalized spacial score (nSPS) is 17.2. The smallest absolute Gasteiger partial charge is 0.311 e. The summed E-state index contributed by atoms with van der Waals surface area (Å²) in [5.41, 5.74) is 0.387. The zero-order chi connectivity index (χ0) is 15.8. The van der Waals surface area contributed by atoms with Crippen LogP contribution >= 0.6 is 21.6 Å². The van der Waals surface area contributed by atoms with Crippen LogP contribution in [0.5, 0.6) is 5.75 Å². The summed E-state index contributed by atoms with van der Waals surface area (Å²) in [6.07, 6.45) is 4.72. The van der Waals surface area contributed by atoms with Crippen LogP contribution in [0, 0.1) is 0 Å². The number of carbonyl (C=O) groups excluding carboxylic acids is 2. The maximum absolute atomic E-state index is 11.9. The van der Waals surface area contributed by atoms with Gasteiger partial charge in [0.2, 0.25) is 0 Å². The standard InChI is InChI=1S/C16H21NO3S2/c1-17-16(19)13-7-3-4-8-14(13)20-15(18)9-5-2-6-12-10-11-21-22-12/h3-4,7-8,12H,2,5-6,9-11H2,1H3,(H,17,19)/t12-/m0/s1. The molecule has 1 aliphatic rings. The summed E-state index contributed by atoms with van der Waals surface area (Å²) < 4.78 is 5.33. The fourth-order valence-corrected chi connectivity index (χ4v) is 5.29. The largest absolute Gasteiger partial charge is 0.426 e. The number of carbonyl (C=O) groups is 2. The molecule has 0 unspecified atom stereocenters. The van der Waals surface area contributed by atoms with Gasteiger partial charge in [0.1, 0.15) is 5.75 Å². The van der Waals surface area contributed by atoms with Crippen molar-refractivity contribution in [2.24, 2.45) is 0 Å². The van der Waals surface area contributed by atoms with Gasteiger partial charge < -0.3 is 10.1 Å². The summed E-state index contributed by atoms with van der Waals surface area (Å²) in [7, 11) is 5.47. The van der Waals surface area contributed by atoms with Crippen LogP contribution in [0.3, 0.4) is 0 Å². The Labute approximate surface area is 139 Å². The average molecular weight is 339 g/mol. The van der Waals surface area contributed by atoms with E-state index in [2.05, 4.69) is 5.32 Å². The van der Waals surface area contributed by atoms with Crippen LogP contribution in [-0.2, 0) is 4.79 Å². The third kappa shape index (κ3) is 5.25. The Bertz CT molecular complexity index is 516. The third-order valence-corrected chi connectivity index (χ3v) is 6.47. The monoisotopic (exact) mass is 339 g/mol. The number of nitrogens with one attached hydrogen (secondary N) is 1. The van der Waals surface area contributed by atoms with Gasteiger partial charge in [0.25, 0.3) is 5.91 Å². The quantitative estimate of drug-likeness (QED) is 0.355. The maximum Gasteiger partial charge on any atom is 0.311 e. The van der Waals surface area contributed by atoms with Crippen molar-refractivity contribution in [2.75, 3.05) is 12.8 Å². The second-order valence-electron chi connectivity index (χ2n) is 5.12. The number of rotatable bonds is 7. The second kappa shape index (κ2) is 9.10. The summed E-state index contributed by atoms with van der Waals surface area (Å²) in [6.45, 7) is 0. The van der Waals surface area contributed by atoms with Gasteiger partial charge in [-0.25, -0.2) is 0 Å². The highest BCUT2D eigenvalue weighted by atomic mass is 33.1. The Kier molecular flexibility index (Phi) is 7.12. The van der Waals surface area contributed by atoms with Gasteiger partial charge in [-0.15, -0.1) is 0 Å². The first-order valence-corrected chi connectivity index (χ1v) is 9.89. The third-order valence-electron chi connectivity index (χ3n) is 3.47. The molecule has 1 atom stereocenters. The first-order valence-electron chi connectivity index (χ1n) is 7.50. The number of benzene rings is 1. The van der Waals surface area contributed by atoms with Gasteiger partial charge in [-0.2, -0.15) is 0 Å². The van der Waals surface area contributed by atoms with Gasteiger partial charge in [0, 0.05) is 24.5 Å². The summed E-state index contributed by atoms with van der Waals surface area (Å²) >= 11 is 0. The molecule has 1 amide bonds. The van der Waals surface area contributed by atoms with Gasteiger partial charge in [0.05, 0.1) is 5.56 Å². The molecule has 0 bridgehead atoms. The molecule has 2 rings (SSSR count). The lowest BCUT2D eigenvalue weighted by atomic mass is 10.1. The SMILES string of the molecule is CNC(=O)c1ccccc1OC(=O)CCCC[C@H]1CCSS1. The zero-order valence-electron chi connectivity index (χ0n) is 12.7. The minimum absolute atomic E-state index is 0.251. The van der Waals surface area contributed by atoms with E-state index in [1.807, 2.05) is 21.6 Å². The molecule has 0 aliphatic carbocycles. The van der Waals surface area contributed by atoms with Crippen molar-refractivity contribution in [3.63, 3.8) is 0 Å². The molecule has 1 aliphatic heterocycles. The van der Waals surface area contributed by atoms with Gasteiger partial charge in [0.15, 0.2) is 0 Å². The van der Waals surface area contributed by atoms with Crippen molar-refractivity contribution >= 4 is 33.5 Å². The molecule has 1 aromatic rings. The number of hydrogen-bond donors (Lipinski definition) is 1. The lowest BCUT2D eigenvalue weighted by Gasteiger charge is -2.09. The molecule has 0 spiro atoms. The van der Waals surface area contributed by atoms with E-state index >= 15 is 0 Å². The lowest BCUT2D eigenvalue weighted by Crippen LogP contribution is -2.20. The number of para-hydroxylation sites is 1. The predicted octanol–water partition coefficient (Wildman–Crippen LogP) is 3.67. The van der Waals surface area contributed by atoms with Crippen molar-refractivity contribution in [2.45, 2.75) is 37.4 Å². The summed E-state index contributed by atoms with van der Waals surface area (Å²) in [5, 5.41) is 3.29. The molecule has 4 nitrogen and oxygen atoms in total. The molecule has 0 aromatic heterocycles. The van der Waals surface area contributed by atoms with Gasteiger partial charge in [-0.05, 0) is 31.4 Å².